The van der Waals surface area contributed by atoms with Gasteiger partial charge in [0.1, 0.15) is 25.4 Å². The monoisotopic (exact) mass is 1700 g/mol. The van der Waals surface area contributed by atoms with Crippen molar-refractivity contribution < 1.29 is 75.8 Å². The molecule has 0 aliphatic rings. The zero-order valence-corrected chi connectivity index (χ0v) is 76.5. The van der Waals surface area contributed by atoms with Crippen molar-refractivity contribution >= 4 is 33.6 Å². The molecule has 18 heteroatoms. The molecule has 0 spiro atoms. The van der Waals surface area contributed by atoms with E-state index in [0.717, 1.165) is 205 Å². The number of aliphatic hydroxyl groups is 2. The van der Waals surface area contributed by atoms with Gasteiger partial charge >= 0.3 is 33.6 Å². The normalized spacial score (nSPS) is 14.6. The number of phosphoric ester groups is 2. The molecule has 0 bridgehead atoms. The summed E-state index contributed by atoms with van der Waals surface area (Å²) in [5.74, 6) is -1.59. The van der Waals surface area contributed by atoms with Crippen molar-refractivity contribution in [3.05, 3.63) is 194 Å². The van der Waals surface area contributed by atoms with Crippen LogP contribution in [0.2, 0.25) is 0 Å². The molecule has 0 aliphatic carbocycles. The van der Waals surface area contributed by atoms with Crippen molar-refractivity contribution in [2.75, 3.05) is 39.6 Å². The SMILES string of the molecule is CC/C=C\C/C=C\C/C=C\C/C=C\C/C=C\C/C=C\CCCCCCCCCCC(=O)OCC(COP(=O)(O)OCC(O)COP(=O)(O)OCC(O)COC(=O)CCCCCCCCCCCCCCC/C=C\C/C=C\C/C=C\C/C=C\C/C=C\CC)OC(=O)CCCCCCCCCCCCC/C=C\C/C=C\C/C=C\C/C=C\C/C=C\CC. The van der Waals surface area contributed by atoms with Gasteiger partial charge in [-0.3, -0.25) is 32.5 Å². The molecule has 4 N–H and O–H groups in total. The highest BCUT2D eigenvalue weighted by molar-refractivity contribution is 7.47. The summed E-state index contributed by atoms with van der Waals surface area (Å²) in [6.07, 6.45) is 122. The number of hydrogen-bond acceptors (Lipinski definition) is 14. The van der Waals surface area contributed by atoms with Gasteiger partial charge in [-0.1, -0.05) is 382 Å². The van der Waals surface area contributed by atoms with Crippen LogP contribution in [0.15, 0.2) is 194 Å². The minimum Gasteiger partial charge on any atom is -0.463 e. The molecule has 0 saturated carbocycles. The minimum absolute atomic E-state index is 0.0919. The van der Waals surface area contributed by atoms with E-state index in [1.807, 2.05) is 0 Å². The first-order valence-corrected chi connectivity index (χ1v) is 49.7. The van der Waals surface area contributed by atoms with E-state index in [0.29, 0.717) is 19.3 Å². The van der Waals surface area contributed by atoms with Gasteiger partial charge in [0.15, 0.2) is 6.10 Å². The van der Waals surface area contributed by atoms with Gasteiger partial charge in [-0.05, 0) is 161 Å². The van der Waals surface area contributed by atoms with Crippen LogP contribution in [0.3, 0.4) is 0 Å². The summed E-state index contributed by atoms with van der Waals surface area (Å²) >= 11 is 0. The maximum absolute atomic E-state index is 13.1. The summed E-state index contributed by atoms with van der Waals surface area (Å²) in [6, 6.07) is 0. The third kappa shape index (κ3) is 92.9. The number of phosphoric acid groups is 2. The first kappa shape index (κ1) is 113. The molecule has 0 rings (SSSR count). The summed E-state index contributed by atoms with van der Waals surface area (Å²) < 4.78 is 61.6. The van der Waals surface area contributed by atoms with E-state index in [9.17, 15) is 43.5 Å². The fraction of sp³-hybridized carbons (Fsp3) is 0.653. The molecule has 0 aromatic rings. The maximum Gasteiger partial charge on any atom is 0.472 e. The van der Waals surface area contributed by atoms with Crippen molar-refractivity contribution in [3.63, 3.8) is 0 Å². The molecule has 119 heavy (non-hydrogen) atoms. The Labute approximate surface area is 725 Å². The van der Waals surface area contributed by atoms with Gasteiger partial charge < -0.3 is 34.2 Å². The molecule has 5 unspecified atom stereocenters. The van der Waals surface area contributed by atoms with Crippen LogP contribution in [0.25, 0.3) is 0 Å². The molecule has 0 fully saturated rings. The lowest BCUT2D eigenvalue weighted by Gasteiger charge is -2.21. The van der Waals surface area contributed by atoms with E-state index in [2.05, 4.69) is 215 Å². The Bertz CT molecular complexity index is 2940. The zero-order chi connectivity index (χ0) is 86.5. The molecule has 0 aromatic carbocycles. The number of rotatable bonds is 87. The predicted octanol–water partition coefficient (Wildman–Crippen LogP) is 29.0. The quantitative estimate of drug-likeness (QED) is 0.0146. The molecule has 0 radical (unpaired) electrons. The Morgan fingerprint density at radius 1 is 0.235 bits per heavy atom. The number of carbonyl (C=O) groups is 3. The maximum atomic E-state index is 13.1. The van der Waals surface area contributed by atoms with Gasteiger partial charge in [-0.2, -0.15) is 0 Å². The first-order valence-electron chi connectivity index (χ1n) is 46.7. The molecular formula is C101H168O16P2. The van der Waals surface area contributed by atoms with Gasteiger partial charge in [-0.15, -0.1) is 0 Å². The summed E-state index contributed by atoms with van der Waals surface area (Å²) in [5, 5.41) is 20.8. The smallest absolute Gasteiger partial charge is 0.463 e. The van der Waals surface area contributed by atoms with Crippen LogP contribution < -0.4 is 0 Å². The van der Waals surface area contributed by atoms with Crippen LogP contribution in [-0.2, 0) is 55.8 Å². The van der Waals surface area contributed by atoms with Gasteiger partial charge in [0.25, 0.3) is 0 Å². The van der Waals surface area contributed by atoms with Crippen molar-refractivity contribution in [2.45, 2.75) is 386 Å². The van der Waals surface area contributed by atoms with Crippen LogP contribution in [0.1, 0.15) is 367 Å². The zero-order valence-electron chi connectivity index (χ0n) is 74.7. The molecule has 0 aliphatic heterocycles. The summed E-state index contributed by atoms with van der Waals surface area (Å²) in [5.41, 5.74) is 0. The highest BCUT2D eigenvalue weighted by Gasteiger charge is 2.29. The molecule has 16 nitrogen and oxygen atoms in total. The molecule has 0 amide bonds. The molecule has 678 valence electrons. The van der Waals surface area contributed by atoms with Gasteiger partial charge in [0, 0.05) is 19.3 Å². The lowest BCUT2D eigenvalue weighted by Crippen LogP contribution is -2.30. The highest BCUT2D eigenvalue weighted by Crippen LogP contribution is 2.45. The number of carbonyl (C=O) groups excluding carboxylic acids is 3. The van der Waals surface area contributed by atoms with E-state index < -0.39 is 91.5 Å². The van der Waals surface area contributed by atoms with Crippen LogP contribution in [-0.4, -0.2) is 95.9 Å². The van der Waals surface area contributed by atoms with Crippen LogP contribution >= 0.6 is 15.6 Å². The predicted molar refractivity (Wildman–Crippen MR) is 500 cm³/mol. The van der Waals surface area contributed by atoms with E-state index >= 15 is 0 Å². The van der Waals surface area contributed by atoms with E-state index in [4.69, 9.17) is 32.3 Å². The number of allylic oxidation sites excluding steroid dienone is 32. The molecule has 0 aromatic heterocycles. The average molecular weight is 1700 g/mol. The number of hydrogen-bond donors (Lipinski definition) is 4. The fourth-order valence-electron chi connectivity index (χ4n) is 12.3. The molecule has 5 atom stereocenters. The Morgan fingerprint density at radius 3 is 0.664 bits per heavy atom. The Kier molecular flexibility index (Phi) is 87.3. The second-order valence-electron chi connectivity index (χ2n) is 30.7. The molecule has 0 heterocycles. The van der Waals surface area contributed by atoms with Crippen molar-refractivity contribution in [1.29, 1.82) is 0 Å². The van der Waals surface area contributed by atoms with E-state index in [-0.39, 0.29) is 19.3 Å². The third-order valence-electron chi connectivity index (χ3n) is 19.3. The van der Waals surface area contributed by atoms with E-state index in [1.54, 1.807) is 0 Å². The summed E-state index contributed by atoms with van der Waals surface area (Å²) in [6.45, 7) is 2.36. The highest BCUT2D eigenvalue weighted by atomic mass is 31.2. The van der Waals surface area contributed by atoms with Gasteiger partial charge in [0.05, 0.1) is 26.4 Å². The van der Waals surface area contributed by atoms with Crippen molar-refractivity contribution in [3.8, 4) is 0 Å². The average Bonchev–Trinajstić information content (AvgIpc) is 0.903. The number of ether oxygens (including phenoxy) is 3. The fourth-order valence-corrected chi connectivity index (χ4v) is 13.9. The second kappa shape index (κ2) is 91.6. The standard InChI is InChI=1S/C101H168O16P2/c1-4-7-10-13-16-19-22-25-28-31-34-37-40-43-46-47-50-52-54-57-60-63-66-69-72-75-78-81-84-87-99(104)111-90-96(102)91-113-118(107,108)114-92-97(103)93-115-119(109,110)116-95-98(117-101(106)89-86-83-80-77-74-71-68-65-62-59-56-53-49-45-42-39-36-33-30-27-24-21-18-15-12-9-6-3)94-112-100(105)88-85-82-79-76-73-70-67-64-61-58-55-51-48-44-41-38-35-32-29-26-23-20-17-14-11-8-5-2/h7-12,16-21,25-30,34-39,43-46,48-49,55,58,96-98,102-103H,4-6,13-15,22-24,31-33,40-42,47,50-54,56-57,59-95H2,1-3H3,(H,107,108)(H,109,110)/b10-7-,11-8-,12-9-,19-16-,20-17-,21-18-,28-25-,29-26-,30-27-,37-34-,38-35-,39-36-,46-43-,48-44-,49-45-,58-55-. The number of unbranched alkanes of at least 4 members (excludes halogenated alkanes) is 32. The summed E-state index contributed by atoms with van der Waals surface area (Å²) in [4.78, 5) is 59.1. The topological polar surface area (TPSA) is 231 Å². The minimum atomic E-state index is -4.95. The lowest BCUT2D eigenvalue weighted by atomic mass is 10.0. The van der Waals surface area contributed by atoms with Crippen LogP contribution in [0.4, 0.5) is 0 Å². The van der Waals surface area contributed by atoms with Crippen LogP contribution in [0.5, 0.6) is 0 Å². The molecular weight excluding hydrogens is 1530 g/mol. The molecule has 0 saturated heterocycles. The lowest BCUT2D eigenvalue weighted by molar-refractivity contribution is -0.161. The summed E-state index contributed by atoms with van der Waals surface area (Å²) in [7, 11) is -9.82. The third-order valence-corrected chi connectivity index (χ3v) is 21.2. The Balaban J connectivity index is 4.68. The Hall–Kier alpha value is -5.61. The van der Waals surface area contributed by atoms with Crippen LogP contribution in [0, 0.1) is 0 Å². The first-order chi connectivity index (χ1) is 58.2. The number of esters is 3. The van der Waals surface area contributed by atoms with Crippen molar-refractivity contribution in [1.82, 2.24) is 0 Å². The second-order valence-corrected chi connectivity index (χ2v) is 33.6. The number of aliphatic hydroxyl groups excluding tert-OH is 2. The van der Waals surface area contributed by atoms with Gasteiger partial charge in [0.2, 0.25) is 0 Å². The largest absolute Gasteiger partial charge is 0.472 e. The van der Waals surface area contributed by atoms with Gasteiger partial charge in [-0.25, -0.2) is 9.13 Å². The Morgan fingerprint density at radius 2 is 0.420 bits per heavy atom. The van der Waals surface area contributed by atoms with E-state index in [1.165, 1.54) is 103 Å². The van der Waals surface area contributed by atoms with Crippen molar-refractivity contribution in [2.24, 2.45) is 0 Å².